The van der Waals surface area contributed by atoms with Gasteiger partial charge in [-0.2, -0.15) is 0 Å². The Morgan fingerprint density at radius 3 is 2.57 bits per heavy atom. The topological polar surface area (TPSA) is 46.3 Å². The van der Waals surface area contributed by atoms with Gasteiger partial charge in [-0.25, -0.2) is 0 Å². The first kappa shape index (κ1) is 16.4. The van der Waals surface area contributed by atoms with Crippen molar-refractivity contribution in [3.63, 3.8) is 0 Å². The number of hydrogen-bond acceptors (Lipinski definition) is 3. The molecular formula is C16H24N2OS2. The molecule has 2 rings (SSSR count). The van der Waals surface area contributed by atoms with Gasteiger partial charge >= 0.3 is 0 Å². The van der Waals surface area contributed by atoms with Crippen LogP contribution in [0.5, 0.6) is 0 Å². The van der Waals surface area contributed by atoms with Crippen molar-refractivity contribution in [2.75, 3.05) is 0 Å². The molecule has 0 spiro atoms. The van der Waals surface area contributed by atoms with Crippen LogP contribution in [0.15, 0.2) is 17.5 Å². The van der Waals surface area contributed by atoms with Crippen LogP contribution in [0, 0.1) is 5.41 Å². The molecule has 1 aromatic heterocycles. The van der Waals surface area contributed by atoms with E-state index in [0.29, 0.717) is 11.5 Å². The molecule has 21 heavy (non-hydrogen) atoms. The average molecular weight is 325 g/mol. The number of hydrogen-bond donors (Lipinski definition) is 1. The summed E-state index contributed by atoms with van der Waals surface area (Å²) in [6, 6.07) is 4.24. The first-order valence-corrected chi connectivity index (χ1v) is 8.89. The molecule has 0 saturated heterocycles. The summed E-state index contributed by atoms with van der Waals surface area (Å²) in [5, 5.41) is 2.04. The molecule has 0 radical (unpaired) electrons. The molecule has 0 bridgehead atoms. The van der Waals surface area contributed by atoms with Crippen LogP contribution >= 0.6 is 23.6 Å². The maximum atomic E-state index is 13.2. The summed E-state index contributed by atoms with van der Waals surface area (Å²) < 4.78 is 0. The van der Waals surface area contributed by atoms with Gasteiger partial charge < -0.3 is 10.6 Å². The molecule has 1 aromatic rings. The molecule has 2 N–H and O–H groups in total. The molecule has 116 valence electrons. The maximum absolute atomic E-state index is 13.2. The van der Waals surface area contributed by atoms with E-state index < -0.39 is 5.41 Å². The maximum Gasteiger partial charge on any atom is 0.236 e. The molecule has 1 aliphatic carbocycles. The van der Waals surface area contributed by atoms with E-state index in [-0.39, 0.29) is 11.9 Å². The lowest BCUT2D eigenvalue weighted by molar-refractivity contribution is -0.142. The normalized spacial score (nSPS) is 17.7. The molecule has 1 fully saturated rings. The lowest BCUT2D eigenvalue weighted by Crippen LogP contribution is -2.53. The second kappa shape index (κ2) is 6.88. The number of carbonyl (C=O) groups excluding carboxylic acids is 1. The minimum Gasteiger partial charge on any atom is -0.392 e. The Bertz CT molecular complexity index is 490. The van der Waals surface area contributed by atoms with Gasteiger partial charge in [-0.1, -0.05) is 37.5 Å². The second-order valence-electron chi connectivity index (χ2n) is 6.11. The van der Waals surface area contributed by atoms with Crippen LogP contribution in [0.4, 0.5) is 0 Å². The summed E-state index contributed by atoms with van der Waals surface area (Å²) in [6.07, 6.45) is 4.84. The van der Waals surface area contributed by atoms with Crippen LogP contribution in [0.3, 0.4) is 0 Å². The van der Waals surface area contributed by atoms with E-state index in [1.54, 1.807) is 11.3 Å². The number of nitrogens with two attached hydrogens (primary N) is 1. The van der Waals surface area contributed by atoms with E-state index in [1.807, 2.05) is 16.3 Å². The van der Waals surface area contributed by atoms with Crippen LogP contribution in [0.25, 0.3) is 0 Å². The van der Waals surface area contributed by atoms with E-state index in [9.17, 15) is 4.79 Å². The molecule has 3 nitrogen and oxygen atoms in total. The molecule has 1 saturated carbocycles. The minimum atomic E-state index is -0.616. The third-order valence-electron chi connectivity index (χ3n) is 4.38. The Hall–Kier alpha value is -0.940. The van der Waals surface area contributed by atoms with Crippen molar-refractivity contribution in [3.05, 3.63) is 22.4 Å². The SMILES string of the molecule is CC(C)N(Cc1cccs1)C(=O)C1(C(N)=S)CCCCC1. The van der Waals surface area contributed by atoms with Crippen LogP contribution in [0.1, 0.15) is 50.8 Å². The van der Waals surface area contributed by atoms with Crippen LogP contribution in [-0.2, 0) is 11.3 Å². The van der Waals surface area contributed by atoms with Gasteiger partial charge in [0.25, 0.3) is 0 Å². The van der Waals surface area contributed by atoms with Gasteiger partial charge in [0.05, 0.1) is 16.9 Å². The highest BCUT2D eigenvalue weighted by molar-refractivity contribution is 7.80. The standard InChI is InChI=1S/C16H24N2OS2/c1-12(2)18(11-13-7-6-10-21-13)15(19)16(14(17)20)8-4-3-5-9-16/h6-7,10,12H,3-5,8-9,11H2,1-2H3,(H2,17,20). The van der Waals surface area contributed by atoms with Crippen molar-refractivity contribution < 1.29 is 4.79 Å². The molecule has 0 aliphatic heterocycles. The molecule has 1 aliphatic rings. The molecule has 1 amide bonds. The second-order valence-corrected chi connectivity index (χ2v) is 7.59. The third-order valence-corrected chi connectivity index (χ3v) is 5.63. The van der Waals surface area contributed by atoms with E-state index in [0.717, 1.165) is 25.7 Å². The largest absolute Gasteiger partial charge is 0.392 e. The molecule has 5 heteroatoms. The van der Waals surface area contributed by atoms with Gasteiger partial charge in [-0.15, -0.1) is 11.3 Å². The molecular weight excluding hydrogens is 300 g/mol. The van der Waals surface area contributed by atoms with Gasteiger partial charge in [-0.05, 0) is 38.1 Å². The van der Waals surface area contributed by atoms with Crippen molar-refractivity contribution in [2.24, 2.45) is 11.1 Å². The van der Waals surface area contributed by atoms with Crippen LogP contribution in [0.2, 0.25) is 0 Å². The monoisotopic (exact) mass is 324 g/mol. The summed E-state index contributed by atoms with van der Waals surface area (Å²) >= 11 is 6.97. The summed E-state index contributed by atoms with van der Waals surface area (Å²) in [6.45, 7) is 4.77. The predicted molar refractivity (Wildman–Crippen MR) is 92.3 cm³/mol. The number of nitrogens with zero attached hydrogens (tertiary/aromatic N) is 1. The van der Waals surface area contributed by atoms with E-state index in [4.69, 9.17) is 18.0 Å². The average Bonchev–Trinajstić information content (AvgIpc) is 2.97. The Labute approximate surface area is 136 Å². The van der Waals surface area contributed by atoms with Gasteiger partial charge in [0, 0.05) is 10.9 Å². The smallest absolute Gasteiger partial charge is 0.236 e. The number of carbonyl (C=O) groups is 1. The number of thiophene rings is 1. The lowest BCUT2D eigenvalue weighted by atomic mass is 9.72. The quantitative estimate of drug-likeness (QED) is 0.840. The number of rotatable bonds is 5. The van der Waals surface area contributed by atoms with E-state index in [1.165, 1.54) is 11.3 Å². The van der Waals surface area contributed by atoms with E-state index in [2.05, 4.69) is 19.9 Å². The summed E-state index contributed by atoms with van der Waals surface area (Å²) in [5.74, 6) is 0.123. The van der Waals surface area contributed by atoms with Gasteiger partial charge in [-0.3, -0.25) is 4.79 Å². The highest BCUT2D eigenvalue weighted by Gasteiger charge is 2.45. The van der Waals surface area contributed by atoms with Crippen LogP contribution in [-0.4, -0.2) is 21.8 Å². The predicted octanol–water partition coefficient (Wildman–Crippen LogP) is 3.72. The van der Waals surface area contributed by atoms with Crippen molar-refractivity contribution in [3.8, 4) is 0 Å². The fourth-order valence-electron chi connectivity index (χ4n) is 3.06. The number of thiocarbonyl (C=S) groups is 1. The first-order chi connectivity index (χ1) is 9.97. The zero-order chi connectivity index (χ0) is 15.5. The van der Waals surface area contributed by atoms with Gasteiger partial charge in [0.2, 0.25) is 5.91 Å². The Balaban J connectivity index is 2.25. The third kappa shape index (κ3) is 3.46. The minimum absolute atomic E-state index is 0.123. The fraction of sp³-hybridized carbons (Fsp3) is 0.625. The Morgan fingerprint density at radius 2 is 2.10 bits per heavy atom. The summed E-state index contributed by atoms with van der Waals surface area (Å²) in [5.41, 5.74) is 5.39. The molecule has 0 atom stereocenters. The zero-order valence-electron chi connectivity index (χ0n) is 12.8. The molecule has 0 aromatic carbocycles. The Morgan fingerprint density at radius 1 is 1.43 bits per heavy atom. The van der Waals surface area contributed by atoms with Crippen LogP contribution < -0.4 is 5.73 Å². The van der Waals surface area contributed by atoms with Crippen molar-refractivity contribution in [1.82, 2.24) is 4.90 Å². The Kier molecular flexibility index (Phi) is 5.38. The van der Waals surface area contributed by atoms with Gasteiger partial charge in [0.1, 0.15) is 0 Å². The van der Waals surface area contributed by atoms with Crippen molar-refractivity contribution in [2.45, 2.75) is 58.5 Å². The molecule has 0 unspecified atom stereocenters. The van der Waals surface area contributed by atoms with E-state index >= 15 is 0 Å². The fourth-order valence-corrected chi connectivity index (χ4v) is 4.05. The lowest BCUT2D eigenvalue weighted by Gasteiger charge is -2.40. The number of amides is 1. The highest BCUT2D eigenvalue weighted by atomic mass is 32.1. The highest BCUT2D eigenvalue weighted by Crippen LogP contribution is 2.39. The van der Waals surface area contributed by atoms with Crippen molar-refractivity contribution in [1.29, 1.82) is 0 Å². The molecule has 1 heterocycles. The summed E-state index contributed by atoms with van der Waals surface area (Å²) in [7, 11) is 0. The zero-order valence-corrected chi connectivity index (χ0v) is 14.4. The van der Waals surface area contributed by atoms with Crippen molar-refractivity contribution >= 4 is 34.5 Å². The summed E-state index contributed by atoms with van der Waals surface area (Å²) in [4.78, 5) is 16.7. The first-order valence-electron chi connectivity index (χ1n) is 7.61. The van der Waals surface area contributed by atoms with Gasteiger partial charge in [0.15, 0.2) is 0 Å².